The molecule has 1 saturated heterocycles. The molecule has 0 aromatic rings. The van der Waals surface area contributed by atoms with Crippen LogP contribution in [0.4, 0.5) is 0 Å². The second kappa shape index (κ2) is 7.86. The minimum absolute atomic E-state index is 0.144. The van der Waals surface area contributed by atoms with Crippen molar-refractivity contribution >= 4 is 21.8 Å². The van der Waals surface area contributed by atoms with Gasteiger partial charge in [-0.05, 0) is 25.7 Å². The standard InChI is InChI=1S/C13H25NO3S2/c15-19(16,13-4-2-1-3-5-13)14-8-11-18-12-6-9-17-10-7-12/h12-14H,1-11H2. The Labute approximate surface area is 121 Å². The van der Waals surface area contributed by atoms with Crippen molar-refractivity contribution in [3.63, 3.8) is 0 Å². The third-order valence-corrected chi connectivity index (χ3v) is 7.26. The number of thioether (sulfide) groups is 1. The van der Waals surface area contributed by atoms with Crippen LogP contribution in [0.2, 0.25) is 0 Å². The minimum Gasteiger partial charge on any atom is -0.381 e. The van der Waals surface area contributed by atoms with Crippen molar-refractivity contribution < 1.29 is 13.2 Å². The van der Waals surface area contributed by atoms with Gasteiger partial charge in [-0.3, -0.25) is 0 Å². The van der Waals surface area contributed by atoms with E-state index in [1.807, 2.05) is 11.8 Å². The van der Waals surface area contributed by atoms with Gasteiger partial charge in [0.25, 0.3) is 0 Å². The largest absolute Gasteiger partial charge is 0.381 e. The predicted molar refractivity (Wildman–Crippen MR) is 80.1 cm³/mol. The number of nitrogens with one attached hydrogen (secondary N) is 1. The summed E-state index contributed by atoms with van der Waals surface area (Å²) < 4.78 is 32.3. The maximum atomic E-state index is 12.1. The molecule has 6 heteroatoms. The van der Waals surface area contributed by atoms with E-state index in [9.17, 15) is 8.42 Å². The summed E-state index contributed by atoms with van der Waals surface area (Å²) in [7, 11) is -3.07. The molecule has 2 aliphatic rings. The molecule has 2 fully saturated rings. The lowest BCUT2D eigenvalue weighted by atomic mass is 10.0. The van der Waals surface area contributed by atoms with Gasteiger partial charge in [0.05, 0.1) is 5.25 Å². The molecular weight excluding hydrogens is 282 g/mol. The first-order valence-electron chi connectivity index (χ1n) is 7.36. The van der Waals surface area contributed by atoms with Crippen molar-refractivity contribution in [2.75, 3.05) is 25.5 Å². The van der Waals surface area contributed by atoms with Gasteiger partial charge in [0.1, 0.15) is 0 Å². The van der Waals surface area contributed by atoms with E-state index in [4.69, 9.17) is 4.74 Å². The van der Waals surface area contributed by atoms with Gasteiger partial charge in [-0.25, -0.2) is 13.1 Å². The highest BCUT2D eigenvalue weighted by Crippen LogP contribution is 2.24. The maximum Gasteiger partial charge on any atom is 0.214 e. The first kappa shape index (κ1) is 15.6. The zero-order valence-electron chi connectivity index (χ0n) is 11.5. The van der Waals surface area contributed by atoms with Crippen molar-refractivity contribution in [3.05, 3.63) is 0 Å². The van der Waals surface area contributed by atoms with Crippen LogP contribution < -0.4 is 4.72 Å². The average molecular weight is 307 g/mol. The summed E-state index contributed by atoms with van der Waals surface area (Å²) in [6, 6.07) is 0. The highest BCUT2D eigenvalue weighted by molar-refractivity contribution is 8.00. The van der Waals surface area contributed by atoms with Crippen LogP contribution in [0.5, 0.6) is 0 Å². The highest BCUT2D eigenvalue weighted by atomic mass is 32.2. The molecule has 1 aliphatic carbocycles. The number of hydrogen-bond acceptors (Lipinski definition) is 4. The topological polar surface area (TPSA) is 55.4 Å². The normalized spacial score (nSPS) is 23.6. The molecule has 1 saturated carbocycles. The molecule has 0 bridgehead atoms. The number of ether oxygens (including phenoxy) is 1. The molecule has 0 amide bonds. The second-order valence-electron chi connectivity index (χ2n) is 5.38. The Morgan fingerprint density at radius 2 is 1.74 bits per heavy atom. The molecule has 1 aliphatic heterocycles. The van der Waals surface area contributed by atoms with E-state index in [-0.39, 0.29) is 5.25 Å². The molecule has 112 valence electrons. The Morgan fingerprint density at radius 1 is 1.05 bits per heavy atom. The molecule has 1 N–H and O–H groups in total. The van der Waals surface area contributed by atoms with Crippen LogP contribution in [0.1, 0.15) is 44.9 Å². The molecule has 0 unspecified atom stereocenters. The van der Waals surface area contributed by atoms with Crippen LogP contribution >= 0.6 is 11.8 Å². The smallest absolute Gasteiger partial charge is 0.214 e. The third kappa shape index (κ3) is 5.25. The highest BCUT2D eigenvalue weighted by Gasteiger charge is 2.26. The molecule has 4 nitrogen and oxygen atoms in total. The Bertz CT molecular complexity index is 347. The first-order valence-corrected chi connectivity index (χ1v) is 9.96. The number of rotatable bonds is 6. The van der Waals surface area contributed by atoms with E-state index >= 15 is 0 Å². The molecule has 0 radical (unpaired) electrons. The lowest BCUT2D eigenvalue weighted by Crippen LogP contribution is -2.37. The predicted octanol–water partition coefficient (Wildman–Crippen LogP) is 2.15. The lowest BCUT2D eigenvalue weighted by molar-refractivity contribution is 0.100. The Balaban J connectivity index is 1.63. The molecular formula is C13H25NO3S2. The summed E-state index contributed by atoms with van der Waals surface area (Å²) in [5, 5.41) is 0.502. The van der Waals surface area contributed by atoms with Gasteiger partial charge >= 0.3 is 0 Å². The van der Waals surface area contributed by atoms with E-state index in [0.29, 0.717) is 11.8 Å². The molecule has 0 aromatic heterocycles. The summed E-state index contributed by atoms with van der Waals surface area (Å²) in [6.45, 7) is 2.28. The van der Waals surface area contributed by atoms with E-state index in [2.05, 4.69) is 4.72 Å². The first-order chi connectivity index (χ1) is 9.18. The van der Waals surface area contributed by atoms with Crippen LogP contribution in [-0.2, 0) is 14.8 Å². The van der Waals surface area contributed by atoms with Crippen LogP contribution in [0, 0.1) is 0 Å². The summed E-state index contributed by atoms with van der Waals surface area (Å²) in [4.78, 5) is 0. The van der Waals surface area contributed by atoms with Crippen LogP contribution in [-0.4, -0.2) is 44.4 Å². The summed E-state index contributed by atoms with van der Waals surface area (Å²) >= 11 is 1.88. The van der Waals surface area contributed by atoms with E-state index in [0.717, 1.165) is 57.5 Å². The van der Waals surface area contributed by atoms with Gasteiger partial charge in [0, 0.05) is 30.8 Å². The molecule has 1 heterocycles. The summed E-state index contributed by atoms with van der Waals surface area (Å²) in [5.41, 5.74) is 0. The summed E-state index contributed by atoms with van der Waals surface area (Å²) in [5.74, 6) is 0.872. The Hall–Kier alpha value is 0.220. The summed E-state index contributed by atoms with van der Waals surface area (Å²) in [6.07, 6.45) is 7.17. The van der Waals surface area contributed by atoms with Crippen molar-refractivity contribution in [1.29, 1.82) is 0 Å². The number of sulfonamides is 1. The molecule has 0 aromatic carbocycles. The van der Waals surface area contributed by atoms with Crippen LogP contribution in [0.15, 0.2) is 0 Å². The van der Waals surface area contributed by atoms with E-state index in [1.54, 1.807) is 0 Å². The second-order valence-corrected chi connectivity index (χ2v) is 8.84. The molecule has 19 heavy (non-hydrogen) atoms. The molecule has 0 atom stereocenters. The maximum absolute atomic E-state index is 12.1. The van der Waals surface area contributed by atoms with Crippen LogP contribution in [0.25, 0.3) is 0 Å². The molecule has 0 spiro atoms. The van der Waals surface area contributed by atoms with E-state index in [1.165, 1.54) is 6.42 Å². The lowest BCUT2D eigenvalue weighted by Gasteiger charge is -2.23. The average Bonchev–Trinajstić information content (AvgIpc) is 2.46. The van der Waals surface area contributed by atoms with Crippen molar-refractivity contribution in [3.8, 4) is 0 Å². The SMILES string of the molecule is O=S(=O)(NCCSC1CCOCC1)C1CCCCC1. The van der Waals surface area contributed by atoms with Gasteiger partial charge < -0.3 is 4.74 Å². The van der Waals surface area contributed by atoms with Gasteiger partial charge in [0.15, 0.2) is 0 Å². The zero-order chi connectivity index (χ0) is 13.6. The minimum atomic E-state index is -3.07. The van der Waals surface area contributed by atoms with Crippen molar-refractivity contribution in [2.24, 2.45) is 0 Å². The van der Waals surface area contributed by atoms with Gasteiger partial charge in [-0.15, -0.1) is 0 Å². The van der Waals surface area contributed by atoms with Gasteiger partial charge in [-0.2, -0.15) is 11.8 Å². The fraction of sp³-hybridized carbons (Fsp3) is 1.00. The van der Waals surface area contributed by atoms with Crippen LogP contribution in [0.3, 0.4) is 0 Å². The van der Waals surface area contributed by atoms with Crippen molar-refractivity contribution in [1.82, 2.24) is 4.72 Å². The van der Waals surface area contributed by atoms with Crippen molar-refractivity contribution in [2.45, 2.75) is 55.4 Å². The fourth-order valence-electron chi connectivity index (χ4n) is 2.75. The van der Waals surface area contributed by atoms with Gasteiger partial charge in [-0.1, -0.05) is 19.3 Å². The number of hydrogen-bond donors (Lipinski definition) is 1. The monoisotopic (exact) mass is 307 g/mol. The fourth-order valence-corrected chi connectivity index (χ4v) is 5.53. The zero-order valence-corrected chi connectivity index (χ0v) is 13.1. The van der Waals surface area contributed by atoms with Gasteiger partial charge in [0.2, 0.25) is 10.0 Å². The third-order valence-electron chi connectivity index (χ3n) is 3.92. The Kier molecular flexibility index (Phi) is 6.45. The Morgan fingerprint density at radius 3 is 2.42 bits per heavy atom. The molecule has 2 rings (SSSR count). The van der Waals surface area contributed by atoms with E-state index < -0.39 is 10.0 Å². The quantitative estimate of drug-likeness (QED) is 0.764.